The largest absolute Gasteiger partial charge is 0.389 e. The molecule has 3 aromatic carbocycles. The van der Waals surface area contributed by atoms with E-state index in [-0.39, 0.29) is 10.9 Å². The van der Waals surface area contributed by atoms with E-state index in [0.717, 1.165) is 37.1 Å². The second-order valence-corrected chi connectivity index (χ2v) is 10.4. The Balaban J connectivity index is 0.000000791. The zero-order valence-electron chi connectivity index (χ0n) is 23.9. The van der Waals surface area contributed by atoms with Gasteiger partial charge >= 0.3 is 0 Å². The standard InChI is InChI=1S/C26H28N2O3S.3C2H6/c29-26-22(27-32(30,31)21-11-2-1-3-12-21)13-8-16-25(26)28-23-14-6-4-9-19(23)17-18-20-10-5-7-15-24(20)28;3*1-2/h1-7,9-12,14-15,22,25-27,29H,8,13,16-18H2;3*1-2H3. The van der Waals surface area contributed by atoms with Gasteiger partial charge < -0.3 is 10.0 Å². The second-order valence-electron chi connectivity index (χ2n) is 8.66. The molecule has 38 heavy (non-hydrogen) atoms. The Morgan fingerprint density at radius 3 is 1.71 bits per heavy atom. The number of nitrogens with one attached hydrogen (secondary N) is 1. The van der Waals surface area contributed by atoms with E-state index in [1.807, 2.05) is 53.7 Å². The van der Waals surface area contributed by atoms with Crippen molar-refractivity contribution in [3.8, 4) is 0 Å². The summed E-state index contributed by atoms with van der Waals surface area (Å²) >= 11 is 0. The van der Waals surface area contributed by atoms with Crippen molar-refractivity contribution >= 4 is 21.4 Å². The second kappa shape index (κ2) is 15.7. The fraction of sp³-hybridized carbons (Fsp3) is 0.438. The Morgan fingerprint density at radius 2 is 1.18 bits per heavy atom. The molecule has 2 N–H and O–H groups in total. The summed E-state index contributed by atoms with van der Waals surface area (Å²) in [5, 5.41) is 11.5. The molecule has 0 aromatic heterocycles. The molecule has 0 saturated heterocycles. The fourth-order valence-corrected chi connectivity index (χ4v) is 6.41. The van der Waals surface area contributed by atoms with E-state index in [1.165, 1.54) is 11.1 Å². The normalized spacial score (nSPS) is 20.0. The number of aryl methyl sites for hydroxylation is 2. The minimum atomic E-state index is -3.70. The van der Waals surface area contributed by atoms with Gasteiger partial charge in [-0.1, -0.05) is 96.1 Å². The van der Waals surface area contributed by atoms with Gasteiger partial charge in [0.15, 0.2) is 0 Å². The molecular weight excluding hydrogens is 492 g/mol. The highest BCUT2D eigenvalue weighted by Gasteiger charge is 2.39. The van der Waals surface area contributed by atoms with Crippen LogP contribution in [0, 0.1) is 0 Å². The number of para-hydroxylation sites is 2. The predicted molar refractivity (Wildman–Crippen MR) is 161 cm³/mol. The van der Waals surface area contributed by atoms with E-state index >= 15 is 0 Å². The van der Waals surface area contributed by atoms with Gasteiger partial charge in [0.25, 0.3) is 0 Å². The lowest BCUT2D eigenvalue weighted by atomic mass is 9.86. The first kappa shape index (κ1) is 31.5. The number of benzene rings is 3. The third-order valence-electron chi connectivity index (χ3n) is 6.68. The number of sulfonamides is 1. The van der Waals surface area contributed by atoms with Crippen LogP contribution in [0.1, 0.15) is 71.9 Å². The molecule has 0 radical (unpaired) electrons. The zero-order valence-corrected chi connectivity index (χ0v) is 24.7. The van der Waals surface area contributed by atoms with Crippen molar-refractivity contribution in [2.24, 2.45) is 0 Å². The summed E-state index contributed by atoms with van der Waals surface area (Å²) < 4.78 is 28.7. The summed E-state index contributed by atoms with van der Waals surface area (Å²) in [4.78, 5) is 2.48. The van der Waals surface area contributed by atoms with Crippen LogP contribution in [-0.2, 0) is 22.9 Å². The van der Waals surface area contributed by atoms with Crippen LogP contribution in [0.3, 0.4) is 0 Å². The number of hydrogen-bond acceptors (Lipinski definition) is 4. The molecule has 3 atom stereocenters. The van der Waals surface area contributed by atoms with Gasteiger partial charge in [0.2, 0.25) is 10.0 Å². The van der Waals surface area contributed by atoms with E-state index in [2.05, 4.69) is 46.0 Å². The SMILES string of the molecule is CC.CC.CC.O=S(=O)(NC1CCCC(N2c3ccccc3CCc3ccccc32)C1O)c1ccccc1. The summed E-state index contributed by atoms with van der Waals surface area (Å²) in [5.74, 6) is 0. The maximum atomic E-state index is 12.9. The van der Waals surface area contributed by atoms with E-state index in [0.29, 0.717) is 6.42 Å². The maximum Gasteiger partial charge on any atom is 0.240 e. The highest BCUT2D eigenvalue weighted by atomic mass is 32.2. The molecule has 5 nitrogen and oxygen atoms in total. The van der Waals surface area contributed by atoms with Crippen LogP contribution in [0.4, 0.5) is 11.4 Å². The fourth-order valence-electron chi connectivity index (χ4n) is 5.10. The van der Waals surface area contributed by atoms with E-state index in [4.69, 9.17) is 0 Å². The summed E-state index contributed by atoms with van der Waals surface area (Å²) in [7, 11) is -3.70. The number of aliphatic hydroxyl groups is 1. The quantitative estimate of drug-likeness (QED) is 0.367. The lowest BCUT2D eigenvalue weighted by Crippen LogP contribution is -2.55. The first-order valence-corrected chi connectivity index (χ1v) is 15.7. The van der Waals surface area contributed by atoms with Crippen LogP contribution in [0.5, 0.6) is 0 Å². The Bertz CT molecular complexity index is 1150. The van der Waals surface area contributed by atoms with Gasteiger partial charge in [-0.05, 0) is 67.5 Å². The molecule has 6 heteroatoms. The number of fused-ring (bicyclic) bond motifs is 2. The molecule has 3 unspecified atom stereocenters. The average Bonchev–Trinajstić information content (AvgIpc) is 3.15. The van der Waals surface area contributed by atoms with Crippen molar-refractivity contribution < 1.29 is 13.5 Å². The lowest BCUT2D eigenvalue weighted by Gasteiger charge is -2.43. The minimum Gasteiger partial charge on any atom is -0.389 e. The van der Waals surface area contributed by atoms with Gasteiger partial charge in [0.05, 0.1) is 23.1 Å². The van der Waals surface area contributed by atoms with Crippen molar-refractivity contribution in [1.29, 1.82) is 0 Å². The monoisotopic (exact) mass is 538 g/mol. The van der Waals surface area contributed by atoms with Crippen LogP contribution in [0.15, 0.2) is 83.8 Å². The summed E-state index contributed by atoms with van der Waals surface area (Å²) in [6.45, 7) is 12.0. The first-order valence-electron chi connectivity index (χ1n) is 14.2. The van der Waals surface area contributed by atoms with Crippen LogP contribution >= 0.6 is 0 Å². The van der Waals surface area contributed by atoms with Gasteiger partial charge in [-0.15, -0.1) is 0 Å². The molecule has 0 bridgehead atoms. The van der Waals surface area contributed by atoms with E-state index in [9.17, 15) is 13.5 Å². The molecule has 5 rings (SSSR count). The molecule has 3 aromatic rings. The van der Waals surface area contributed by atoms with Crippen molar-refractivity contribution in [3.05, 3.63) is 90.0 Å². The predicted octanol–water partition coefficient (Wildman–Crippen LogP) is 7.26. The molecule has 1 aliphatic heterocycles. The number of rotatable bonds is 4. The van der Waals surface area contributed by atoms with Gasteiger partial charge in [0.1, 0.15) is 0 Å². The zero-order chi connectivity index (χ0) is 28.1. The van der Waals surface area contributed by atoms with Gasteiger partial charge in [-0.25, -0.2) is 13.1 Å². The van der Waals surface area contributed by atoms with E-state index < -0.39 is 22.2 Å². The molecule has 1 fully saturated rings. The highest BCUT2D eigenvalue weighted by Crippen LogP contribution is 2.41. The van der Waals surface area contributed by atoms with Crippen molar-refractivity contribution in [3.63, 3.8) is 0 Å². The van der Waals surface area contributed by atoms with Crippen molar-refractivity contribution in [2.75, 3.05) is 4.90 Å². The first-order chi connectivity index (χ1) is 18.5. The average molecular weight is 539 g/mol. The maximum absolute atomic E-state index is 12.9. The molecular formula is C32H46N2O3S. The topological polar surface area (TPSA) is 69.6 Å². The Morgan fingerprint density at radius 1 is 0.711 bits per heavy atom. The van der Waals surface area contributed by atoms with Crippen molar-refractivity contribution in [1.82, 2.24) is 4.72 Å². The van der Waals surface area contributed by atoms with E-state index in [1.54, 1.807) is 30.3 Å². The number of aliphatic hydroxyl groups excluding tert-OH is 1. The summed E-state index contributed by atoms with van der Waals surface area (Å²) in [5.41, 5.74) is 4.71. The Hall–Kier alpha value is -2.67. The minimum absolute atomic E-state index is 0.215. The molecule has 0 spiro atoms. The van der Waals surface area contributed by atoms with Crippen molar-refractivity contribution in [2.45, 2.75) is 96.7 Å². The third-order valence-corrected chi connectivity index (χ3v) is 8.18. The number of nitrogens with zero attached hydrogens (tertiary/aromatic N) is 1. The Labute approximate surface area is 231 Å². The molecule has 1 heterocycles. The van der Waals surface area contributed by atoms with Crippen LogP contribution in [0.2, 0.25) is 0 Å². The Kier molecular flexibility index (Phi) is 13.0. The lowest BCUT2D eigenvalue weighted by molar-refractivity contribution is 0.0812. The van der Waals surface area contributed by atoms with Crippen LogP contribution < -0.4 is 9.62 Å². The third kappa shape index (κ3) is 7.25. The van der Waals surface area contributed by atoms with Crippen LogP contribution in [-0.4, -0.2) is 31.7 Å². The number of anilines is 2. The summed E-state index contributed by atoms with van der Waals surface area (Å²) in [6.07, 6.45) is 3.30. The molecule has 0 amide bonds. The molecule has 1 saturated carbocycles. The van der Waals surface area contributed by atoms with Gasteiger partial charge in [-0.3, -0.25) is 0 Å². The summed E-state index contributed by atoms with van der Waals surface area (Å²) in [6, 6.07) is 24.3. The molecule has 1 aliphatic carbocycles. The molecule has 2 aliphatic rings. The van der Waals surface area contributed by atoms with Crippen LogP contribution in [0.25, 0.3) is 0 Å². The van der Waals surface area contributed by atoms with Gasteiger partial charge in [0, 0.05) is 11.4 Å². The number of hydrogen-bond donors (Lipinski definition) is 2. The highest BCUT2D eigenvalue weighted by molar-refractivity contribution is 7.89. The molecule has 208 valence electrons. The van der Waals surface area contributed by atoms with Gasteiger partial charge in [-0.2, -0.15) is 0 Å². The smallest absolute Gasteiger partial charge is 0.240 e.